The van der Waals surface area contributed by atoms with Crippen LogP contribution in [0.2, 0.25) is 0 Å². The Bertz CT molecular complexity index is 638. The van der Waals surface area contributed by atoms with Crippen LogP contribution in [0.5, 0.6) is 5.75 Å². The van der Waals surface area contributed by atoms with Crippen LogP contribution < -0.4 is 4.74 Å². The molecule has 22 heavy (non-hydrogen) atoms. The zero-order valence-corrected chi connectivity index (χ0v) is 12.7. The summed E-state index contributed by atoms with van der Waals surface area (Å²) in [5, 5.41) is 9.44. The summed E-state index contributed by atoms with van der Waals surface area (Å²) in [6.45, 7) is 0.0518. The SMILES string of the molecule is O=C(C=Cc1ccccc1)c1ccccc1OCC(O)CCl. The molecule has 0 fully saturated rings. The van der Waals surface area contributed by atoms with Crippen molar-refractivity contribution in [3.63, 3.8) is 0 Å². The molecule has 2 aromatic carbocycles. The fourth-order valence-corrected chi connectivity index (χ4v) is 1.94. The van der Waals surface area contributed by atoms with Crippen molar-refractivity contribution in [2.24, 2.45) is 0 Å². The minimum atomic E-state index is -0.760. The molecule has 0 aliphatic heterocycles. The highest BCUT2D eigenvalue weighted by atomic mass is 35.5. The minimum absolute atomic E-state index is 0.0518. The van der Waals surface area contributed by atoms with E-state index in [0.717, 1.165) is 5.56 Å². The summed E-state index contributed by atoms with van der Waals surface area (Å²) in [5.74, 6) is 0.374. The molecule has 2 rings (SSSR count). The number of hydrogen-bond donors (Lipinski definition) is 1. The highest BCUT2D eigenvalue weighted by Gasteiger charge is 2.11. The van der Waals surface area contributed by atoms with E-state index in [1.54, 1.807) is 30.3 Å². The fraction of sp³-hybridized carbons (Fsp3) is 0.167. The predicted octanol–water partition coefficient (Wildman–Crippen LogP) is 3.56. The Morgan fingerprint density at radius 2 is 1.82 bits per heavy atom. The Morgan fingerprint density at radius 3 is 2.55 bits per heavy atom. The Labute approximate surface area is 134 Å². The molecule has 0 aromatic heterocycles. The molecule has 114 valence electrons. The smallest absolute Gasteiger partial charge is 0.189 e. The lowest BCUT2D eigenvalue weighted by Gasteiger charge is -2.12. The minimum Gasteiger partial charge on any atom is -0.490 e. The Hall–Kier alpha value is -2.10. The van der Waals surface area contributed by atoms with E-state index in [-0.39, 0.29) is 18.3 Å². The van der Waals surface area contributed by atoms with Crippen molar-refractivity contribution < 1.29 is 14.6 Å². The predicted molar refractivity (Wildman–Crippen MR) is 88.5 cm³/mol. The Balaban J connectivity index is 2.11. The first kappa shape index (κ1) is 16.3. The molecule has 0 amide bonds. The largest absolute Gasteiger partial charge is 0.490 e. The van der Waals surface area contributed by atoms with Gasteiger partial charge in [0.2, 0.25) is 0 Å². The molecule has 1 atom stereocenters. The van der Waals surface area contributed by atoms with Crippen molar-refractivity contribution in [1.29, 1.82) is 0 Å². The number of aliphatic hydroxyl groups is 1. The number of ketones is 1. The number of alkyl halides is 1. The Kier molecular flexibility index (Phi) is 6.19. The number of carbonyl (C=O) groups is 1. The highest BCUT2D eigenvalue weighted by molar-refractivity contribution is 6.18. The summed E-state index contributed by atoms with van der Waals surface area (Å²) in [4.78, 5) is 12.3. The van der Waals surface area contributed by atoms with Gasteiger partial charge in [-0.15, -0.1) is 11.6 Å². The summed E-state index contributed by atoms with van der Waals surface area (Å²) in [7, 11) is 0. The van der Waals surface area contributed by atoms with E-state index in [1.807, 2.05) is 30.3 Å². The lowest BCUT2D eigenvalue weighted by molar-refractivity contribution is 0.103. The van der Waals surface area contributed by atoms with Crippen molar-refractivity contribution in [3.05, 3.63) is 71.8 Å². The van der Waals surface area contributed by atoms with E-state index in [0.29, 0.717) is 11.3 Å². The van der Waals surface area contributed by atoms with Crippen LogP contribution in [-0.4, -0.2) is 29.5 Å². The first-order valence-corrected chi connectivity index (χ1v) is 7.47. The molecule has 1 unspecified atom stereocenters. The molecule has 0 saturated heterocycles. The molecule has 0 aliphatic carbocycles. The third-order valence-corrected chi connectivity index (χ3v) is 3.34. The first-order valence-electron chi connectivity index (χ1n) is 6.94. The molecule has 0 heterocycles. The van der Waals surface area contributed by atoms with Crippen LogP contribution in [0, 0.1) is 0 Å². The van der Waals surface area contributed by atoms with Crippen LogP contribution in [0.25, 0.3) is 6.08 Å². The zero-order chi connectivity index (χ0) is 15.8. The quantitative estimate of drug-likeness (QED) is 0.482. The van der Waals surface area contributed by atoms with Crippen molar-refractivity contribution in [1.82, 2.24) is 0 Å². The lowest BCUT2D eigenvalue weighted by atomic mass is 10.1. The van der Waals surface area contributed by atoms with Gasteiger partial charge in [0.15, 0.2) is 5.78 Å². The van der Waals surface area contributed by atoms with E-state index >= 15 is 0 Å². The molecule has 0 aliphatic rings. The van der Waals surface area contributed by atoms with E-state index in [9.17, 15) is 9.90 Å². The molecular weight excluding hydrogens is 300 g/mol. The van der Waals surface area contributed by atoms with Gasteiger partial charge in [-0.1, -0.05) is 48.5 Å². The van der Waals surface area contributed by atoms with Gasteiger partial charge in [-0.3, -0.25) is 4.79 Å². The maximum absolute atomic E-state index is 12.3. The van der Waals surface area contributed by atoms with E-state index in [2.05, 4.69) is 0 Å². The van der Waals surface area contributed by atoms with Gasteiger partial charge in [0, 0.05) is 0 Å². The van der Waals surface area contributed by atoms with Gasteiger partial charge < -0.3 is 9.84 Å². The van der Waals surface area contributed by atoms with Gasteiger partial charge in [0.25, 0.3) is 0 Å². The summed E-state index contributed by atoms with van der Waals surface area (Å²) < 4.78 is 5.47. The zero-order valence-electron chi connectivity index (χ0n) is 12.0. The van der Waals surface area contributed by atoms with Crippen molar-refractivity contribution in [2.75, 3.05) is 12.5 Å². The molecule has 0 radical (unpaired) electrons. The molecular formula is C18H17ClO3. The number of hydrogen-bond acceptors (Lipinski definition) is 3. The fourth-order valence-electron chi connectivity index (χ4n) is 1.85. The molecule has 2 aromatic rings. The van der Waals surface area contributed by atoms with Gasteiger partial charge in [-0.05, 0) is 23.8 Å². The van der Waals surface area contributed by atoms with Gasteiger partial charge in [-0.25, -0.2) is 0 Å². The van der Waals surface area contributed by atoms with Crippen LogP contribution in [0.15, 0.2) is 60.7 Å². The third kappa shape index (κ3) is 4.72. The maximum Gasteiger partial charge on any atom is 0.189 e. The van der Waals surface area contributed by atoms with Crippen molar-refractivity contribution in [3.8, 4) is 5.75 Å². The van der Waals surface area contributed by atoms with Gasteiger partial charge >= 0.3 is 0 Å². The average molecular weight is 317 g/mol. The average Bonchev–Trinajstić information content (AvgIpc) is 2.58. The van der Waals surface area contributed by atoms with E-state index in [1.165, 1.54) is 6.08 Å². The number of ether oxygens (including phenoxy) is 1. The molecule has 4 heteroatoms. The molecule has 0 saturated carbocycles. The van der Waals surface area contributed by atoms with Gasteiger partial charge in [-0.2, -0.15) is 0 Å². The number of halogens is 1. The second-order valence-corrected chi connectivity index (χ2v) is 5.03. The summed E-state index contributed by atoms with van der Waals surface area (Å²) in [6, 6.07) is 16.5. The Morgan fingerprint density at radius 1 is 1.14 bits per heavy atom. The first-order chi connectivity index (χ1) is 10.7. The number of rotatable bonds is 7. The summed E-state index contributed by atoms with van der Waals surface area (Å²) >= 11 is 5.53. The second kappa shape index (κ2) is 8.37. The topological polar surface area (TPSA) is 46.5 Å². The van der Waals surface area contributed by atoms with Crippen LogP contribution in [-0.2, 0) is 0 Å². The molecule has 3 nitrogen and oxygen atoms in total. The van der Waals surface area contributed by atoms with Gasteiger partial charge in [0.1, 0.15) is 18.5 Å². The van der Waals surface area contributed by atoms with Crippen molar-refractivity contribution >= 4 is 23.5 Å². The standard InChI is InChI=1S/C18H17ClO3/c19-12-15(20)13-22-18-9-5-4-8-16(18)17(21)11-10-14-6-2-1-3-7-14/h1-11,15,20H,12-13H2. The van der Waals surface area contributed by atoms with Crippen molar-refractivity contribution in [2.45, 2.75) is 6.10 Å². The summed E-state index contributed by atoms with van der Waals surface area (Å²) in [6.07, 6.45) is 2.51. The van der Waals surface area contributed by atoms with Crippen LogP contribution in [0.1, 0.15) is 15.9 Å². The van der Waals surface area contributed by atoms with E-state index < -0.39 is 6.10 Å². The number of benzene rings is 2. The molecule has 0 spiro atoms. The van der Waals surface area contributed by atoms with Crippen LogP contribution in [0.4, 0.5) is 0 Å². The number of carbonyl (C=O) groups excluding carboxylic acids is 1. The highest BCUT2D eigenvalue weighted by Crippen LogP contribution is 2.19. The van der Waals surface area contributed by atoms with Crippen LogP contribution in [0.3, 0.4) is 0 Å². The molecule has 1 N–H and O–H groups in total. The monoisotopic (exact) mass is 316 g/mol. The number of allylic oxidation sites excluding steroid dienone is 1. The lowest BCUT2D eigenvalue weighted by Crippen LogP contribution is -2.19. The maximum atomic E-state index is 12.3. The number of aliphatic hydroxyl groups excluding tert-OH is 1. The third-order valence-electron chi connectivity index (χ3n) is 2.99. The van der Waals surface area contributed by atoms with E-state index in [4.69, 9.17) is 16.3 Å². The van der Waals surface area contributed by atoms with Crippen LogP contribution >= 0.6 is 11.6 Å². The number of para-hydroxylation sites is 1. The molecule has 0 bridgehead atoms. The normalized spacial score (nSPS) is 12.3. The second-order valence-electron chi connectivity index (χ2n) is 4.72. The summed E-state index contributed by atoms with van der Waals surface area (Å²) in [5.41, 5.74) is 1.41. The van der Waals surface area contributed by atoms with Gasteiger partial charge in [0.05, 0.1) is 11.4 Å².